The maximum absolute atomic E-state index is 12.1. The number of nitrogens with one attached hydrogen (secondary N) is 1. The number of amides is 1. The highest BCUT2D eigenvalue weighted by atomic mass is 16.6. The summed E-state index contributed by atoms with van der Waals surface area (Å²) in [5.74, 6) is -1.16. The molecule has 1 heterocycles. The van der Waals surface area contributed by atoms with E-state index in [1.807, 2.05) is 24.3 Å². The van der Waals surface area contributed by atoms with Crippen LogP contribution in [0.2, 0.25) is 0 Å². The number of ether oxygens (including phenoxy) is 1. The molecule has 2 aromatic rings. The van der Waals surface area contributed by atoms with Crippen LogP contribution in [0.4, 0.5) is 17.1 Å². The topological polar surface area (TPSA) is 102 Å². The highest BCUT2D eigenvalue weighted by molar-refractivity contribution is 5.95. The molecule has 0 radical (unpaired) electrons. The molecule has 0 aliphatic carbocycles. The molecule has 0 bridgehead atoms. The second-order valence-corrected chi connectivity index (χ2v) is 7.33. The largest absolute Gasteiger partial charge is 0.452 e. The average Bonchev–Trinajstić information content (AvgIpc) is 3.02. The van der Waals surface area contributed by atoms with Crippen molar-refractivity contribution in [1.29, 1.82) is 0 Å². The molecule has 3 rings (SSSR count). The van der Waals surface area contributed by atoms with Gasteiger partial charge in [-0.15, -0.1) is 0 Å². The summed E-state index contributed by atoms with van der Waals surface area (Å²) < 4.78 is 5.02. The van der Waals surface area contributed by atoms with Crippen LogP contribution >= 0.6 is 0 Å². The summed E-state index contributed by atoms with van der Waals surface area (Å²) in [7, 11) is 0. The van der Waals surface area contributed by atoms with Crippen LogP contribution < -0.4 is 10.2 Å². The predicted octanol–water partition coefficient (Wildman–Crippen LogP) is 4.08. The second-order valence-electron chi connectivity index (χ2n) is 7.33. The molecule has 1 amide bonds. The van der Waals surface area contributed by atoms with Crippen LogP contribution in [-0.2, 0) is 9.53 Å². The van der Waals surface area contributed by atoms with Crippen LogP contribution in [0.15, 0.2) is 42.5 Å². The normalized spacial score (nSPS) is 14.0. The molecule has 0 unspecified atom stereocenters. The lowest BCUT2D eigenvalue weighted by Crippen LogP contribution is -2.24. The zero-order chi connectivity index (χ0) is 21.5. The number of nitro benzene ring substituents is 1. The van der Waals surface area contributed by atoms with E-state index in [9.17, 15) is 19.7 Å². The summed E-state index contributed by atoms with van der Waals surface area (Å²) in [5.41, 5.74) is 2.19. The van der Waals surface area contributed by atoms with Crippen molar-refractivity contribution in [3.8, 4) is 0 Å². The van der Waals surface area contributed by atoms with E-state index in [-0.39, 0.29) is 11.3 Å². The molecule has 0 atom stereocenters. The van der Waals surface area contributed by atoms with Gasteiger partial charge < -0.3 is 15.0 Å². The maximum atomic E-state index is 12.1. The third-order valence-corrected chi connectivity index (χ3v) is 5.09. The van der Waals surface area contributed by atoms with Crippen molar-refractivity contribution in [3.63, 3.8) is 0 Å². The molecular formula is C22H25N3O5. The number of anilines is 2. The van der Waals surface area contributed by atoms with Crippen LogP contribution in [-0.4, -0.2) is 36.5 Å². The zero-order valence-corrected chi connectivity index (χ0v) is 16.9. The summed E-state index contributed by atoms with van der Waals surface area (Å²) in [6, 6.07) is 11.6. The van der Waals surface area contributed by atoms with Gasteiger partial charge in [-0.2, -0.15) is 0 Å². The Kier molecular flexibility index (Phi) is 7.00. The number of aryl methyl sites for hydroxylation is 1. The number of carbonyl (C=O) groups excluding carboxylic acids is 2. The van der Waals surface area contributed by atoms with Crippen LogP contribution in [0.3, 0.4) is 0 Å². The Morgan fingerprint density at radius 2 is 1.73 bits per heavy atom. The Morgan fingerprint density at radius 1 is 1.07 bits per heavy atom. The molecule has 1 aliphatic rings. The Morgan fingerprint density at radius 3 is 2.33 bits per heavy atom. The number of carbonyl (C=O) groups is 2. The van der Waals surface area contributed by atoms with E-state index in [1.54, 1.807) is 0 Å². The highest BCUT2D eigenvalue weighted by Crippen LogP contribution is 2.22. The minimum atomic E-state index is -0.709. The van der Waals surface area contributed by atoms with Gasteiger partial charge in [0.15, 0.2) is 6.61 Å². The van der Waals surface area contributed by atoms with Crippen molar-refractivity contribution in [2.24, 2.45) is 0 Å². The summed E-state index contributed by atoms with van der Waals surface area (Å²) >= 11 is 0. The number of rotatable bonds is 6. The van der Waals surface area contributed by atoms with E-state index in [4.69, 9.17) is 4.74 Å². The molecule has 1 saturated heterocycles. The molecule has 0 spiro atoms. The third-order valence-electron chi connectivity index (χ3n) is 5.09. The SMILES string of the molecule is Cc1cc(C(=O)OCC(=O)Nc2ccc(N3CCCCCC3)cc2)ccc1[N+](=O)[O-]. The molecule has 1 aliphatic heterocycles. The smallest absolute Gasteiger partial charge is 0.338 e. The van der Waals surface area contributed by atoms with E-state index in [2.05, 4.69) is 10.2 Å². The monoisotopic (exact) mass is 411 g/mol. The van der Waals surface area contributed by atoms with Crippen molar-refractivity contribution in [2.45, 2.75) is 32.6 Å². The van der Waals surface area contributed by atoms with Gasteiger partial charge in [-0.25, -0.2) is 4.79 Å². The Hall–Kier alpha value is -3.42. The first kappa shape index (κ1) is 21.3. The van der Waals surface area contributed by atoms with Gasteiger partial charge in [0.25, 0.3) is 11.6 Å². The van der Waals surface area contributed by atoms with Gasteiger partial charge in [0.1, 0.15) is 0 Å². The third kappa shape index (κ3) is 5.56. The molecule has 2 aromatic carbocycles. The lowest BCUT2D eigenvalue weighted by molar-refractivity contribution is -0.385. The van der Waals surface area contributed by atoms with Gasteiger partial charge in [0, 0.05) is 36.1 Å². The minimum Gasteiger partial charge on any atom is -0.452 e. The van der Waals surface area contributed by atoms with Crippen molar-refractivity contribution in [1.82, 2.24) is 0 Å². The van der Waals surface area contributed by atoms with E-state index < -0.39 is 23.4 Å². The van der Waals surface area contributed by atoms with Crippen LogP contribution in [0.5, 0.6) is 0 Å². The van der Waals surface area contributed by atoms with Gasteiger partial charge in [-0.05, 0) is 56.2 Å². The fraction of sp³-hybridized carbons (Fsp3) is 0.364. The Balaban J connectivity index is 1.51. The number of hydrogen-bond donors (Lipinski definition) is 1. The van der Waals surface area contributed by atoms with Gasteiger partial charge >= 0.3 is 5.97 Å². The second kappa shape index (κ2) is 9.87. The van der Waals surface area contributed by atoms with Crippen molar-refractivity contribution < 1.29 is 19.2 Å². The summed E-state index contributed by atoms with van der Waals surface area (Å²) in [6.45, 7) is 3.19. The van der Waals surface area contributed by atoms with Crippen molar-refractivity contribution >= 4 is 28.9 Å². The fourth-order valence-electron chi connectivity index (χ4n) is 3.48. The van der Waals surface area contributed by atoms with E-state index in [1.165, 1.54) is 50.8 Å². The number of hydrogen-bond acceptors (Lipinski definition) is 6. The average molecular weight is 411 g/mol. The standard InChI is InChI=1S/C22H25N3O5/c1-16-14-17(6-11-20(16)25(28)29)22(27)30-15-21(26)23-18-7-9-19(10-8-18)24-12-4-2-3-5-13-24/h6-11,14H,2-5,12-13,15H2,1H3,(H,23,26). The molecule has 1 N–H and O–H groups in total. The number of esters is 1. The quantitative estimate of drug-likeness (QED) is 0.437. The molecule has 0 saturated carbocycles. The first-order valence-electron chi connectivity index (χ1n) is 10.0. The van der Waals surface area contributed by atoms with Crippen LogP contribution in [0.1, 0.15) is 41.6 Å². The predicted molar refractivity (Wildman–Crippen MR) is 114 cm³/mol. The number of nitro groups is 1. The van der Waals surface area contributed by atoms with Crippen molar-refractivity contribution in [3.05, 3.63) is 63.7 Å². The Labute approximate surface area is 175 Å². The molecule has 8 heteroatoms. The van der Waals surface area contributed by atoms with Crippen LogP contribution in [0, 0.1) is 17.0 Å². The van der Waals surface area contributed by atoms with Gasteiger partial charge in [-0.1, -0.05) is 12.8 Å². The first-order valence-corrected chi connectivity index (χ1v) is 10.0. The molecule has 30 heavy (non-hydrogen) atoms. The molecule has 1 fully saturated rings. The summed E-state index contributed by atoms with van der Waals surface area (Å²) in [6.07, 6.45) is 4.92. The van der Waals surface area contributed by atoms with Gasteiger partial charge in [0.2, 0.25) is 0 Å². The first-order chi connectivity index (χ1) is 14.4. The number of benzene rings is 2. The van der Waals surface area contributed by atoms with E-state index in [0.29, 0.717) is 11.3 Å². The molecular weight excluding hydrogens is 386 g/mol. The molecule has 0 aromatic heterocycles. The Bertz CT molecular complexity index is 919. The minimum absolute atomic E-state index is 0.0760. The fourth-order valence-corrected chi connectivity index (χ4v) is 3.48. The molecule has 158 valence electrons. The van der Waals surface area contributed by atoms with E-state index in [0.717, 1.165) is 18.8 Å². The van der Waals surface area contributed by atoms with E-state index >= 15 is 0 Å². The molecule has 8 nitrogen and oxygen atoms in total. The summed E-state index contributed by atoms with van der Waals surface area (Å²) in [4.78, 5) is 36.9. The van der Waals surface area contributed by atoms with Crippen molar-refractivity contribution in [2.75, 3.05) is 29.9 Å². The zero-order valence-electron chi connectivity index (χ0n) is 16.9. The van der Waals surface area contributed by atoms with Crippen LogP contribution in [0.25, 0.3) is 0 Å². The van der Waals surface area contributed by atoms with Gasteiger partial charge in [0.05, 0.1) is 10.5 Å². The van der Waals surface area contributed by atoms with Gasteiger partial charge in [-0.3, -0.25) is 14.9 Å². The highest BCUT2D eigenvalue weighted by Gasteiger charge is 2.16. The number of nitrogens with zero attached hydrogens (tertiary/aromatic N) is 2. The summed E-state index contributed by atoms with van der Waals surface area (Å²) in [5, 5.41) is 13.6. The lowest BCUT2D eigenvalue weighted by Gasteiger charge is -2.22. The lowest BCUT2D eigenvalue weighted by atomic mass is 10.1. The maximum Gasteiger partial charge on any atom is 0.338 e.